The number of nitrogens with two attached hydrogens (primary N) is 1. The molecule has 0 aliphatic carbocycles. The van der Waals surface area contributed by atoms with Gasteiger partial charge in [-0.15, -0.1) is 0 Å². The lowest BCUT2D eigenvalue weighted by atomic mass is 10.2. The molecular formula is C7H18N4. The second-order valence-corrected chi connectivity index (χ2v) is 2.97. The third-order valence-corrected chi connectivity index (χ3v) is 1.34. The van der Waals surface area contributed by atoms with Crippen LogP contribution in [0.1, 0.15) is 13.8 Å². The molecule has 0 aliphatic heterocycles. The third-order valence-electron chi connectivity index (χ3n) is 1.34. The molecule has 0 saturated carbocycles. The summed E-state index contributed by atoms with van der Waals surface area (Å²) in [5.74, 6) is 6.57. The van der Waals surface area contributed by atoms with Gasteiger partial charge in [-0.3, -0.25) is 10.4 Å². The lowest BCUT2D eigenvalue weighted by molar-refractivity contribution is 0.412. The summed E-state index contributed by atoms with van der Waals surface area (Å²) in [5.41, 5.74) is 2.53. The molecule has 0 atom stereocenters. The second-order valence-electron chi connectivity index (χ2n) is 2.97. The summed E-state index contributed by atoms with van der Waals surface area (Å²) >= 11 is 0. The molecule has 0 saturated heterocycles. The molecule has 0 bridgehead atoms. The molecular weight excluding hydrogens is 140 g/mol. The van der Waals surface area contributed by atoms with E-state index in [1.54, 1.807) is 7.05 Å². The summed E-state index contributed by atoms with van der Waals surface area (Å²) in [7, 11) is 3.67. The Kier molecular flexibility index (Phi) is 4.61. The van der Waals surface area contributed by atoms with Crippen molar-refractivity contribution in [3.05, 3.63) is 0 Å². The number of nitrogens with zero attached hydrogens (tertiary/aromatic N) is 2. The summed E-state index contributed by atoms with van der Waals surface area (Å²) in [4.78, 5) is 5.96. The van der Waals surface area contributed by atoms with Crippen molar-refractivity contribution in [1.29, 1.82) is 0 Å². The van der Waals surface area contributed by atoms with Crippen molar-refractivity contribution in [3.8, 4) is 0 Å². The van der Waals surface area contributed by atoms with Crippen LogP contribution in [0.25, 0.3) is 0 Å². The number of aliphatic imine (C=N–C) groups is 1. The van der Waals surface area contributed by atoms with Crippen LogP contribution in [0.2, 0.25) is 0 Å². The van der Waals surface area contributed by atoms with Crippen LogP contribution in [-0.4, -0.2) is 31.5 Å². The van der Waals surface area contributed by atoms with Gasteiger partial charge in [0.2, 0.25) is 5.96 Å². The molecule has 0 aromatic heterocycles. The molecule has 0 rings (SSSR count). The van der Waals surface area contributed by atoms with Gasteiger partial charge in [-0.2, -0.15) is 0 Å². The predicted molar refractivity (Wildman–Crippen MR) is 48.2 cm³/mol. The van der Waals surface area contributed by atoms with Crippen LogP contribution in [0.5, 0.6) is 0 Å². The number of rotatable bonds is 2. The van der Waals surface area contributed by atoms with E-state index in [1.165, 1.54) is 0 Å². The summed E-state index contributed by atoms with van der Waals surface area (Å²) < 4.78 is 0. The zero-order valence-corrected chi connectivity index (χ0v) is 7.76. The van der Waals surface area contributed by atoms with Crippen molar-refractivity contribution in [2.24, 2.45) is 16.8 Å². The van der Waals surface area contributed by atoms with Gasteiger partial charge in [0.15, 0.2) is 0 Å². The van der Waals surface area contributed by atoms with Gasteiger partial charge >= 0.3 is 0 Å². The number of nitrogens with one attached hydrogen (secondary N) is 1. The Bertz CT molecular complexity index is 130. The van der Waals surface area contributed by atoms with Crippen LogP contribution in [0.4, 0.5) is 0 Å². The fourth-order valence-corrected chi connectivity index (χ4v) is 0.980. The zero-order chi connectivity index (χ0) is 8.85. The van der Waals surface area contributed by atoms with Gasteiger partial charge in [-0.1, -0.05) is 13.8 Å². The Morgan fingerprint density at radius 1 is 1.64 bits per heavy atom. The minimum atomic E-state index is 0.616. The van der Waals surface area contributed by atoms with E-state index >= 15 is 0 Å². The quantitative estimate of drug-likeness (QED) is 0.258. The monoisotopic (exact) mass is 158 g/mol. The molecule has 0 aromatic carbocycles. The van der Waals surface area contributed by atoms with Crippen molar-refractivity contribution in [3.63, 3.8) is 0 Å². The highest BCUT2D eigenvalue weighted by atomic mass is 15.4. The first-order chi connectivity index (χ1) is 5.11. The minimum Gasteiger partial charge on any atom is -0.345 e. The standard InChI is InChI=1S/C7H18N4/c1-6(2)5-11(4)7(9-3)10-8/h6H,5,8H2,1-4H3,(H,9,10). The van der Waals surface area contributed by atoms with E-state index in [4.69, 9.17) is 5.84 Å². The van der Waals surface area contributed by atoms with Crippen LogP contribution in [-0.2, 0) is 0 Å². The second kappa shape index (κ2) is 4.96. The van der Waals surface area contributed by atoms with E-state index in [2.05, 4.69) is 24.3 Å². The lowest BCUT2D eigenvalue weighted by Crippen LogP contribution is -2.43. The van der Waals surface area contributed by atoms with E-state index < -0.39 is 0 Å². The predicted octanol–water partition coefficient (Wildman–Crippen LogP) is 0.0233. The van der Waals surface area contributed by atoms with Crippen LogP contribution in [0, 0.1) is 5.92 Å². The van der Waals surface area contributed by atoms with Crippen molar-refractivity contribution in [2.45, 2.75) is 13.8 Å². The maximum atomic E-state index is 5.24. The van der Waals surface area contributed by atoms with Crippen LogP contribution >= 0.6 is 0 Å². The van der Waals surface area contributed by atoms with Gasteiger partial charge in [-0.25, -0.2) is 5.84 Å². The minimum absolute atomic E-state index is 0.616. The normalized spacial score (nSPS) is 12.0. The van der Waals surface area contributed by atoms with E-state index in [0.717, 1.165) is 12.5 Å². The molecule has 4 nitrogen and oxygen atoms in total. The van der Waals surface area contributed by atoms with Crippen molar-refractivity contribution in [1.82, 2.24) is 10.3 Å². The average Bonchev–Trinajstić information content (AvgIpc) is 1.88. The Hall–Kier alpha value is -0.770. The van der Waals surface area contributed by atoms with Crippen molar-refractivity contribution in [2.75, 3.05) is 20.6 Å². The molecule has 66 valence electrons. The van der Waals surface area contributed by atoms with E-state index in [-0.39, 0.29) is 0 Å². The Balaban J connectivity index is 3.90. The van der Waals surface area contributed by atoms with Crippen LogP contribution in [0.3, 0.4) is 0 Å². The Labute approximate surface area is 68.4 Å². The van der Waals surface area contributed by atoms with Crippen molar-refractivity contribution < 1.29 is 0 Å². The first-order valence-electron chi connectivity index (χ1n) is 3.76. The smallest absolute Gasteiger partial charge is 0.207 e. The molecule has 4 heteroatoms. The summed E-state index contributed by atoms with van der Waals surface area (Å²) in [6, 6.07) is 0. The van der Waals surface area contributed by atoms with E-state index in [0.29, 0.717) is 5.92 Å². The average molecular weight is 158 g/mol. The van der Waals surface area contributed by atoms with Gasteiger partial charge < -0.3 is 4.90 Å². The highest BCUT2D eigenvalue weighted by Gasteiger charge is 2.04. The highest BCUT2D eigenvalue weighted by Crippen LogP contribution is 1.94. The topological polar surface area (TPSA) is 53.6 Å². The Morgan fingerprint density at radius 3 is 2.45 bits per heavy atom. The summed E-state index contributed by atoms with van der Waals surface area (Å²) in [6.45, 7) is 5.26. The van der Waals surface area contributed by atoms with Gasteiger partial charge in [-0.05, 0) is 5.92 Å². The molecule has 0 unspecified atom stereocenters. The molecule has 0 aromatic rings. The van der Waals surface area contributed by atoms with Gasteiger partial charge in [0.1, 0.15) is 0 Å². The third kappa shape index (κ3) is 3.83. The molecule has 0 aliphatic rings. The highest BCUT2D eigenvalue weighted by molar-refractivity contribution is 5.78. The molecule has 0 amide bonds. The first-order valence-corrected chi connectivity index (χ1v) is 3.76. The maximum Gasteiger partial charge on any atom is 0.207 e. The zero-order valence-electron chi connectivity index (χ0n) is 7.76. The lowest BCUT2D eigenvalue weighted by Gasteiger charge is -2.21. The molecule has 0 fully saturated rings. The summed E-state index contributed by atoms with van der Waals surface area (Å²) in [5, 5.41) is 0. The number of hydrogen-bond acceptors (Lipinski definition) is 2. The van der Waals surface area contributed by atoms with E-state index in [1.807, 2.05) is 11.9 Å². The molecule has 0 heterocycles. The van der Waals surface area contributed by atoms with Gasteiger partial charge in [0.05, 0.1) is 0 Å². The van der Waals surface area contributed by atoms with Gasteiger partial charge in [0, 0.05) is 20.6 Å². The largest absolute Gasteiger partial charge is 0.345 e. The molecule has 0 radical (unpaired) electrons. The van der Waals surface area contributed by atoms with Crippen LogP contribution < -0.4 is 11.3 Å². The maximum absolute atomic E-state index is 5.24. The first kappa shape index (κ1) is 10.2. The van der Waals surface area contributed by atoms with Crippen LogP contribution in [0.15, 0.2) is 4.99 Å². The fraction of sp³-hybridized carbons (Fsp3) is 0.857. The number of hydrazine groups is 1. The number of guanidine groups is 1. The summed E-state index contributed by atoms with van der Waals surface area (Å²) in [6.07, 6.45) is 0. The van der Waals surface area contributed by atoms with Crippen molar-refractivity contribution >= 4 is 5.96 Å². The van der Waals surface area contributed by atoms with E-state index in [9.17, 15) is 0 Å². The van der Waals surface area contributed by atoms with Gasteiger partial charge in [0.25, 0.3) is 0 Å². The Morgan fingerprint density at radius 2 is 2.18 bits per heavy atom. The molecule has 3 N–H and O–H groups in total. The molecule has 11 heavy (non-hydrogen) atoms. The fourth-order valence-electron chi connectivity index (χ4n) is 0.980. The number of hydrogen-bond donors (Lipinski definition) is 2. The molecule has 0 spiro atoms. The SMILES string of the molecule is CN=C(NN)N(C)CC(C)C.